The molecule has 18 aromatic rings. The summed E-state index contributed by atoms with van der Waals surface area (Å²) in [5.41, 5.74) is 41.0. The van der Waals surface area contributed by atoms with Gasteiger partial charge in [0.1, 0.15) is 11.6 Å². The molecule has 0 aliphatic heterocycles. The van der Waals surface area contributed by atoms with E-state index in [1.165, 1.54) is 269 Å². The van der Waals surface area contributed by atoms with E-state index in [0.717, 1.165) is 62.6 Å². The van der Waals surface area contributed by atoms with Crippen molar-refractivity contribution in [2.45, 2.75) is 120 Å². The Hall–Kier alpha value is -12.6. The summed E-state index contributed by atoms with van der Waals surface area (Å²) in [5, 5.41) is 15.6. The molecule has 564 valence electrons. The summed E-state index contributed by atoms with van der Waals surface area (Å²) in [7, 11) is 0. The Morgan fingerprint density at radius 1 is 0.198 bits per heavy atom. The van der Waals surface area contributed by atoms with Gasteiger partial charge in [-0.3, -0.25) is 0 Å². The molecule has 0 aromatic heterocycles. The van der Waals surface area contributed by atoms with Gasteiger partial charge in [0.05, 0.1) is 0 Å². The molecule has 0 radical (unpaired) electrons. The van der Waals surface area contributed by atoms with Crippen LogP contribution in [0, 0.1) is 53.2 Å². The number of unbranched alkanes of at least 4 members (excludes halogenated alkanes) is 6. The molecule has 0 N–H and O–H groups in total. The molecular formula is C114H94F2. The molecule has 0 spiro atoms. The van der Waals surface area contributed by atoms with Gasteiger partial charge in [0.2, 0.25) is 0 Å². The topological polar surface area (TPSA) is 0 Å². The van der Waals surface area contributed by atoms with E-state index >= 15 is 0 Å². The summed E-state index contributed by atoms with van der Waals surface area (Å²) < 4.78 is 28.0. The quantitative estimate of drug-likeness (QED) is 0.0846. The molecule has 0 nitrogen and oxygen atoms in total. The largest absolute Gasteiger partial charge is 0.207 e. The Kier molecular flexibility index (Phi) is 19.4. The third kappa shape index (κ3) is 12.7. The maximum Gasteiger partial charge on any atom is 0.123 e. The maximum absolute atomic E-state index is 14.0. The molecule has 3 aliphatic rings. The van der Waals surface area contributed by atoms with E-state index in [1.807, 2.05) is 24.3 Å². The highest BCUT2D eigenvalue weighted by Gasteiger charge is 2.35. The second-order valence-electron chi connectivity index (χ2n) is 32.9. The van der Waals surface area contributed by atoms with Crippen LogP contribution in [0.15, 0.2) is 303 Å². The van der Waals surface area contributed by atoms with Crippen LogP contribution in [-0.4, -0.2) is 0 Å². The number of rotatable bonds is 16. The van der Waals surface area contributed by atoms with Gasteiger partial charge < -0.3 is 0 Å². The highest BCUT2D eigenvalue weighted by atomic mass is 19.1. The first-order chi connectivity index (χ1) is 56.8. The van der Waals surface area contributed by atoms with Crippen molar-refractivity contribution >= 4 is 64.6 Å². The van der Waals surface area contributed by atoms with Crippen molar-refractivity contribution in [1.29, 1.82) is 0 Å². The number of aryl methyl sites for hydroxylation is 8. The summed E-state index contributed by atoms with van der Waals surface area (Å²) in [6, 6.07) is 109. The average molecular weight is 1500 g/mol. The molecule has 0 bridgehead atoms. The molecule has 0 unspecified atom stereocenters. The minimum atomic E-state index is -0.250. The number of hydrogen-bond donors (Lipinski definition) is 0. The van der Waals surface area contributed by atoms with Crippen molar-refractivity contribution in [3.05, 3.63) is 359 Å². The van der Waals surface area contributed by atoms with Gasteiger partial charge in [-0.25, -0.2) is 8.78 Å². The standard InChI is InChI=1S/C46H48.C34H22F2.C34H24/c1-5-7-9-11-14-33-20-24-35(25-21-33)42-38-28-18-31(3)30-41(38)43(36-26-22-34(23-27-36)15-12-10-8-6-2)45-39-17-13-16-37-32(4)19-29-40(44(37)39)46(42)45;1-19-6-16-26-29(18-19)31(22-10-14-24(36)15-11-22)33-27-5-3-4-25-20(2)7-17-28(32(25)27)34(33)30(26)21-8-12-23(35)13-9-21;1-21-16-18-26-29(20-21)31(24-12-7-4-8-13-24)33-27-15-9-14-25-22(2)17-19-28(32(25)27)34(33)30(26)23-10-5-3-6-11-23/h13,16-30H,5-12,14-15H2,1-4H3;3-18H,1-2H3;3-20H,1-2H3. The van der Waals surface area contributed by atoms with E-state index in [9.17, 15) is 8.78 Å². The first-order valence-corrected chi connectivity index (χ1v) is 42.0. The Morgan fingerprint density at radius 2 is 0.466 bits per heavy atom. The smallest absolute Gasteiger partial charge is 0.123 e. The van der Waals surface area contributed by atoms with Crippen molar-refractivity contribution in [3.8, 4) is 134 Å². The molecule has 0 atom stereocenters. The van der Waals surface area contributed by atoms with E-state index in [1.54, 1.807) is 0 Å². The van der Waals surface area contributed by atoms with Crippen LogP contribution in [0.4, 0.5) is 8.78 Å². The van der Waals surface area contributed by atoms with Crippen LogP contribution in [-0.2, 0) is 12.8 Å². The number of fused-ring (bicyclic) bond motifs is 12. The average Bonchev–Trinajstić information content (AvgIpc) is 1.54. The van der Waals surface area contributed by atoms with E-state index in [4.69, 9.17) is 0 Å². The molecule has 18 aromatic carbocycles. The molecule has 2 heteroatoms. The lowest BCUT2D eigenvalue weighted by molar-refractivity contribution is 0.627. The molecule has 116 heavy (non-hydrogen) atoms. The predicted octanol–water partition coefficient (Wildman–Crippen LogP) is 33.3. The maximum atomic E-state index is 14.0. The van der Waals surface area contributed by atoms with Gasteiger partial charge in [-0.2, -0.15) is 0 Å². The SMILES string of the molecule is CCCCCCc1ccc(-c2c3c(c(-c4ccc(CCCCCC)cc4)c4cc(C)ccc24)-c2cccc4c(C)ccc-3c24)cc1.Cc1ccc2c(-c3ccc(F)cc3)c3c(c(-c4ccc(F)cc4)c2c1)-c1cccc2c(C)ccc-3c12.Cc1ccc2c(-c3ccccc3)c3c(c(-c4ccccc4)c2c1)-c1cccc2c(C)ccc-3c12. The van der Waals surface area contributed by atoms with E-state index in [2.05, 4.69) is 310 Å². The van der Waals surface area contributed by atoms with E-state index < -0.39 is 0 Å². The zero-order valence-electron chi connectivity index (χ0n) is 67.7. The van der Waals surface area contributed by atoms with Crippen LogP contribution in [0.2, 0.25) is 0 Å². The molecule has 3 aliphatic carbocycles. The fourth-order valence-electron chi connectivity index (χ4n) is 19.8. The zero-order chi connectivity index (χ0) is 79.0. The normalized spacial score (nSPS) is 11.9. The van der Waals surface area contributed by atoms with Crippen molar-refractivity contribution in [3.63, 3.8) is 0 Å². The van der Waals surface area contributed by atoms with E-state index in [0.29, 0.717) is 0 Å². The molecule has 0 amide bonds. The van der Waals surface area contributed by atoms with Crippen molar-refractivity contribution in [2.75, 3.05) is 0 Å². The van der Waals surface area contributed by atoms with Gasteiger partial charge in [0.15, 0.2) is 0 Å². The Labute approximate surface area is 681 Å². The van der Waals surface area contributed by atoms with Crippen LogP contribution < -0.4 is 0 Å². The lowest BCUT2D eigenvalue weighted by Crippen LogP contribution is -1.95. The van der Waals surface area contributed by atoms with Gasteiger partial charge in [-0.15, -0.1) is 0 Å². The monoisotopic (exact) mass is 1500 g/mol. The predicted molar refractivity (Wildman–Crippen MR) is 494 cm³/mol. The molecule has 0 saturated heterocycles. The second kappa shape index (κ2) is 30.6. The highest BCUT2D eigenvalue weighted by molar-refractivity contribution is 6.31. The van der Waals surface area contributed by atoms with Crippen molar-refractivity contribution < 1.29 is 8.78 Å². The fraction of sp³-hybridized carbons (Fsp3) is 0.158. The van der Waals surface area contributed by atoms with Crippen LogP contribution in [0.1, 0.15) is 110 Å². The number of hydrogen-bond acceptors (Lipinski definition) is 0. The van der Waals surface area contributed by atoms with Gasteiger partial charge >= 0.3 is 0 Å². The van der Waals surface area contributed by atoms with Crippen LogP contribution >= 0.6 is 0 Å². The van der Waals surface area contributed by atoms with E-state index in [-0.39, 0.29) is 11.6 Å². The molecule has 0 fully saturated rings. The summed E-state index contributed by atoms with van der Waals surface area (Å²) in [6.45, 7) is 17.7. The van der Waals surface area contributed by atoms with Crippen LogP contribution in [0.3, 0.4) is 0 Å². The zero-order valence-corrected chi connectivity index (χ0v) is 67.7. The molecular weight excluding hydrogens is 1410 g/mol. The minimum absolute atomic E-state index is 0.250. The van der Waals surface area contributed by atoms with Crippen molar-refractivity contribution in [2.24, 2.45) is 0 Å². The van der Waals surface area contributed by atoms with Gasteiger partial charge in [0, 0.05) is 0 Å². The van der Waals surface area contributed by atoms with Crippen LogP contribution in [0.25, 0.3) is 198 Å². The Bertz CT molecular complexity index is 6920. The molecule has 0 heterocycles. The number of benzene rings is 18. The van der Waals surface area contributed by atoms with Gasteiger partial charge in [0.25, 0.3) is 0 Å². The highest BCUT2D eigenvalue weighted by Crippen LogP contribution is 2.62. The van der Waals surface area contributed by atoms with Gasteiger partial charge in [-0.1, -0.05) is 348 Å². The summed E-state index contributed by atoms with van der Waals surface area (Å²) in [5.74, 6) is -0.501. The first kappa shape index (κ1) is 73.5. The molecule has 0 saturated carbocycles. The third-order valence-electron chi connectivity index (χ3n) is 25.3. The Morgan fingerprint density at radius 3 is 0.759 bits per heavy atom. The number of halogens is 2. The summed E-state index contributed by atoms with van der Waals surface area (Å²) in [4.78, 5) is 0. The third-order valence-corrected chi connectivity index (χ3v) is 25.3. The lowest BCUT2D eigenvalue weighted by Gasteiger charge is -2.21. The second-order valence-corrected chi connectivity index (χ2v) is 32.9. The fourth-order valence-corrected chi connectivity index (χ4v) is 19.8. The Balaban J connectivity index is 0.000000118. The lowest BCUT2D eigenvalue weighted by atomic mass is 9.82. The summed E-state index contributed by atoms with van der Waals surface area (Å²) in [6.07, 6.45) is 12.7. The van der Waals surface area contributed by atoms with Crippen molar-refractivity contribution in [1.82, 2.24) is 0 Å². The minimum Gasteiger partial charge on any atom is -0.207 e. The first-order valence-electron chi connectivity index (χ1n) is 42.0. The summed E-state index contributed by atoms with van der Waals surface area (Å²) >= 11 is 0. The van der Waals surface area contributed by atoms with Crippen LogP contribution in [0.5, 0.6) is 0 Å². The molecule has 21 rings (SSSR count). The van der Waals surface area contributed by atoms with Gasteiger partial charge in [-0.05, 0) is 317 Å².